The molecular weight excluding hydrogens is 334 g/mol. The van der Waals surface area contributed by atoms with Crippen molar-refractivity contribution in [2.45, 2.75) is 51.7 Å². The fourth-order valence-corrected chi connectivity index (χ4v) is 2.90. The molecule has 0 spiro atoms. The zero-order valence-corrected chi connectivity index (χ0v) is 15.3. The van der Waals surface area contributed by atoms with Crippen molar-refractivity contribution in [1.29, 1.82) is 0 Å². The Labute approximate surface area is 153 Å². The van der Waals surface area contributed by atoms with Gasteiger partial charge in [-0.2, -0.15) is 0 Å². The number of rotatable bonds is 9. The van der Waals surface area contributed by atoms with Crippen molar-refractivity contribution < 1.29 is 19.5 Å². The van der Waals surface area contributed by atoms with Crippen LogP contribution in [0.4, 0.5) is 4.79 Å². The first-order chi connectivity index (χ1) is 12.5. The highest BCUT2D eigenvalue weighted by atomic mass is 16.3. The van der Waals surface area contributed by atoms with Gasteiger partial charge in [-0.25, -0.2) is 4.79 Å². The maximum atomic E-state index is 12.4. The van der Waals surface area contributed by atoms with Gasteiger partial charge in [0.2, 0.25) is 5.91 Å². The summed E-state index contributed by atoms with van der Waals surface area (Å²) in [6, 6.07) is 7.86. The first-order valence-corrected chi connectivity index (χ1v) is 9.02. The Balaban J connectivity index is 1.85. The summed E-state index contributed by atoms with van der Waals surface area (Å²) in [7, 11) is 0. The average Bonchev–Trinajstić information content (AvgIpc) is 2.92. The Morgan fingerprint density at radius 2 is 2.00 bits per heavy atom. The van der Waals surface area contributed by atoms with Crippen LogP contribution in [0.1, 0.15) is 38.7 Å². The van der Waals surface area contributed by atoms with E-state index in [2.05, 4.69) is 10.6 Å². The number of imide groups is 1. The van der Waals surface area contributed by atoms with E-state index in [0.29, 0.717) is 0 Å². The van der Waals surface area contributed by atoms with Crippen molar-refractivity contribution in [2.75, 3.05) is 6.61 Å². The summed E-state index contributed by atoms with van der Waals surface area (Å²) in [6.07, 6.45) is 1.19. The molecule has 142 valence electrons. The van der Waals surface area contributed by atoms with E-state index < -0.39 is 12.1 Å². The Bertz CT molecular complexity index is 635. The first kappa shape index (κ1) is 19.9. The molecule has 1 heterocycles. The number of urea groups is 1. The molecule has 0 unspecified atom stereocenters. The molecular formula is C19H27N3O4. The molecule has 0 radical (unpaired) electrons. The van der Waals surface area contributed by atoms with Gasteiger partial charge in [-0.1, -0.05) is 50.6 Å². The molecule has 1 saturated heterocycles. The largest absolute Gasteiger partial charge is 0.394 e. The number of nitrogens with zero attached hydrogens (tertiary/aromatic N) is 1. The molecule has 1 fully saturated rings. The van der Waals surface area contributed by atoms with Gasteiger partial charge in [-0.15, -0.1) is 0 Å². The van der Waals surface area contributed by atoms with Crippen LogP contribution in [0.25, 0.3) is 0 Å². The maximum Gasteiger partial charge on any atom is 0.325 e. The molecule has 0 bridgehead atoms. The summed E-state index contributed by atoms with van der Waals surface area (Å²) in [5, 5.41) is 14.8. The number of carbonyl (C=O) groups excluding carboxylic acids is 3. The molecule has 2 rings (SSSR count). The number of hydrogen-bond donors (Lipinski definition) is 3. The molecule has 3 N–H and O–H groups in total. The second-order valence-electron chi connectivity index (χ2n) is 6.69. The molecule has 7 nitrogen and oxygen atoms in total. The van der Waals surface area contributed by atoms with Crippen LogP contribution >= 0.6 is 0 Å². The van der Waals surface area contributed by atoms with E-state index >= 15 is 0 Å². The van der Waals surface area contributed by atoms with E-state index in [0.717, 1.165) is 12.0 Å². The third kappa shape index (κ3) is 5.05. The van der Waals surface area contributed by atoms with Crippen molar-refractivity contribution >= 4 is 17.8 Å². The SMILES string of the molecule is CC[C@H](C)[C@H](CO)NC(=O)CC[C@H]1NC(=O)N(Cc2ccccc2)C1=O. The summed E-state index contributed by atoms with van der Waals surface area (Å²) in [5.41, 5.74) is 0.869. The topological polar surface area (TPSA) is 98.7 Å². The normalized spacial score (nSPS) is 19.2. The van der Waals surface area contributed by atoms with Crippen molar-refractivity contribution in [3.63, 3.8) is 0 Å². The Hall–Kier alpha value is -2.41. The number of aliphatic hydroxyl groups excluding tert-OH is 1. The molecule has 1 aromatic carbocycles. The van der Waals surface area contributed by atoms with E-state index in [4.69, 9.17) is 0 Å². The molecule has 0 aliphatic carbocycles. The number of hydrogen-bond acceptors (Lipinski definition) is 4. The van der Waals surface area contributed by atoms with Crippen LogP contribution in [-0.4, -0.2) is 46.5 Å². The summed E-state index contributed by atoms with van der Waals surface area (Å²) < 4.78 is 0. The fraction of sp³-hybridized carbons (Fsp3) is 0.526. The van der Waals surface area contributed by atoms with Crippen LogP contribution in [0, 0.1) is 5.92 Å². The van der Waals surface area contributed by atoms with Gasteiger partial charge < -0.3 is 15.7 Å². The van der Waals surface area contributed by atoms with Gasteiger partial charge in [-0.3, -0.25) is 14.5 Å². The van der Waals surface area contributed by atoms with Crippen LogP contribution in [-0.2, 0) is 16.1 Å². The Kier molecular flexibility index (Phi) is 7.15. The molecule has 0 saturated carbocycles. The third-order valence-electron chi connectivity index (χ3n) is 4.82. The standard InChI is InChI=1S/C19H27N3O4/c1-3-13(2)16(12-23)20-17(24)10-9-15-18(25)22(19(26)21-15)11-14-7-5-4-6-8-14/h4-8,13,15-16,23H,3,9-12H2,1-2H3,(H,20,24)(H,21,26)/t13-,15+,16-/m0/s1. The van der Waals surface area contributed by atoms with Crippen LogP contribution in [0.2, 0.25) is 0 Å². The Morgan fingerprint density at radius 1 is 1.31 bits per heavy atom. The molecule has 1 aliphatic heterocycles. The lowest BCUT2D eigenvalue weighted by Crippen LogP contribution is -2.42. The van der Waals surface area contributed by atoms with Gasteiger partial charge in [0.25, 0.3) is 5.91 Å². The summed E-state index contributed by atoms with van der Waals surface area (Å²) >= 11 is 0. The van der Waals surface area contributed by atoms with Gasteiger partial charge >= 0.3 is 6.03 Å². The van der Waals surface area contributed by atoms with Gasteiger partial charge in [0, 0.05) is 6.42 Å². The van der Waals surface area contributed by atoms with E-state index in [1.54, 1.807) is 0 Å². The lowest BCUT2D eigenvalue weighted by molar-refractivity contribution is -0.128. The molecule has 1 aromatic rings. The van der Waals surface area contributed by atoms with E-state index in [1.807, 2.05) is 44.2 Å². The highest BCUT2D eigenvalue weighted by molar-refractivity contribution is 6.04. The Morgan fingerprint density at radius 3 is 2.62 bits per heavy atom. The van der Waals surface area contributed by atoms with Gasteiger partial charge in [0.1, 0.15) is 6.04 Å². The summed E-state index contributed by atoms with van der Waals surface area (Å²) in [5.74, 6) is -0.377. The predicted octanol–water partition coefficient (Wildman–Crippen LogP) is 1.41. The quantitative estimate of drug-likeness (QED) is 0.579. The third-order valence-corrected chi connectivity index (χ3v) is 4.82. The van der Waals surface area contributed by atoms with E-state index in [-0.39, 0.29) is 49.8 Å². The fourth-order valence-electron chi connectivity index (χ4n) is 2.90. The van der Waals surface area contributed by atoms with Gasteiger partial charge in [-0.05, 0) is 17.9 Å². The molecule has 4 amide bonds. The lowest BCUT2D eigenvalue weighted by Gasteiger charge is -2.22. The molecule has 26 heavy (non-hydrogen) atoms. The average molecular weight is 361 g/mol. The minimum atomic E-state index is -0.687. The zero-order chi connectivity index (χ0) is 19.1. The molecule has 1 aliphatic rings. The number of nitrogens with one attached hydrogen (secondary N) is 2. The minimum absolute atomic E-state index is 0.114. The van der Waals surface area contributed by atoms with E-state index in [9.17, 15) is 19.5 Å². The lowest BCUT2D eigenvalue weighted by atomic mass is 9.99. The smallest absolute Gasteiger partial charge is 0.325 e. The number of amides is 4. The zero-order valence-electron chi connectivity index (χ0n) is 15.3. The predicted molar refractivity (Wildman–Crippen MR) is 97.0 cm³/mol. The summed E-state index contributed by atoms with van der Waals surface area (Å²) in [6.45, 7) is 4.05. The highest BCUT2D eigenvalue weighted by Crippen LogP contribution is 2.15. The number of carbonyl (C=O) groups is 3. The van der Waals surface area contributed by atoms with Crippen LogP contribution in [0.3, 0.4) is 0 Å². The van der Waals surface area contributed by atoms with Gasteiger partial charge in [0.15, 0.2) is 0 Å². The number of aliphatic hydroxyl groups is 1. The number of benzene rings is 1. The van der Waals surface area contributed by atoms with Crippen molar-refractivity contribution in [3.05, 3.63) is 35.9 Å². The van der Waals surface area contributed by atoms with Crippen LogP contribution in [0.15, 0.2) is 30.3 Å². The minimum Gasteiger partial charge on any atom is -0.394 e. The van der Waals surface area contributed by atoms with Crippen molar-refractivity contribution in [1.82, 2.24) is 15.5 Å². The molecule has 7 heteroatoms. The molecule has 3 atom stereocenters. The molecule has 0 aromatic heterocycles. The second-order valence-corrected chi connectivity index (χ2v) is 6.69. The van der Waals surface area contributed by atoms with Crippen molar-refractivity contribution in [2.24, 2.45) is 5.92 Å². The van der Waals surface area contributed by atoms with Crippen molar-refractivity contribution in [3.8, 4) is 0 Å². The second kappa shape index (κ2) is 9.33. The first-order valence-electron chi connectivity index (χ1n) is 9.02. The maximum absolute atomic E-state index is 12.4. The highest BCUT2D eigenvalue weighted by Gasteiger charge is 2.37. The van der Waals surface area contributed by atoms with Gasteiger partial charge in [0.05, 0.1) is 19.2 Å². The van der Waals surface area contributed by atoms with Crippen LogP contribution in [0.5, 0.6) is 0 Å². The van der Waals surface area contributed by atoms with E-state index in [1.165, 1.54) is 4.90 Å². The van der Waals surface area contributed by atoms with Crippen LogP contribution < -0.4 is 10.6 Å². The monoisotopic (exact) mass is 361 g/mol. The summed E-state index contributed by atoms with van der Waals surface area (Å²) in [4.78, 5) is 37.8.